The van der Waals surface area contributed by atoms with E-state index in [0.29, 0.717) is 10.0 Å². The van der Waals surface area contributed by atoms with E-state index in [9.17, 15) is 0 Å². The minimum atomic E-state index is 0.575. The highest BCUT2D eigenvalue weighted by Crippen LogP contribution is 2.30. The van der Waals surface area contributed by atoms with Crippen molar-refractivity contribution in [2.45, 2.75) is 6.54 Å². The number of pyridine rings is 1. The van der Waals surface area contributed by atoms with Crippen molar-refractivity contribution in [3.63, 3.8) is 0 Å². The molecule has 0 amide bonds. The van der Waals surface area contributed by atoms with Crippen molar-refractivity contribution in [3.8, 4) is 11.3 Å². The molecule has 1 aliphatic rings. The van der Waals surface area contributed by atoms with E-state index in [1.807, 2.05) is 28.8 Å². The van der Waals surface area contributed by atoms with Crippen molar-refractivity contribution in [1.29, 1.82) is 0 Å². The number of imidazole rings is 1. The maximum Gasteiger partial charge on any atom is 0.156 e. The van der Waals surface area contributed by atoms with Gasteiger partial charge in [-0.3, -0.25) is 9.30 Å². The number of fused-ring (bicyclic) bond motifs is 1. The third-order valence-electron chi connectivity index (χ3n) is 4.37. The van der Waals surface area contributed by atoms with Crippen LogP contribution in [0.3, 0.4) is 0 Å². The molecule has 0 unspecified atom stereocenters. The number of hydrogen-bond donors (Lipinski definition) is 1. The first-order chi connectivity index (χ1) is 11.7. The highest BCUT2D eigenvalue weighted by atomic mass is 35.5. The first-order valence-corrected chi connectivity index (χ1v) is 8.82. The molecule has 0 spiro atoms. The van der Waals surface area contributed by atoms with Crippen molar-refractivity contribution in [2.75, 3.05) is 26.2 Å². The molecule has 4 rings (SSSR count). The molecule has 2 aromatic heterocycles. The van der Waals surface area contributed by atoms with Crippen LogP contribution in [0.25, 0.3) is 16.9 Å². The van der Waals surface area contributed by atoms with Crippen LogP contribution in [-0.4, -0.2) is 40.5 Å². The Morgan fingerprint density at radius 1 is 1.08 bits per heavy atom. The van der Waals surface area contributed by atoms with E-state index in [1.165, 1.54) is 0 Å². The largest absolute Gasteiger partial charge is 0.314 e. The van der Waals surface area contributed by atoms with Crippen LogP contribution in [0, 0.1) is 0 Å². The molecule has 1 saturated heterocycles. The smallest absolute Gasteiger partial charge is 0.156 e. The standard InChI is InChI=1S/C18H18Cl2N4/c19-14-10-15(20)18-22-17(13-4-2-1-3-5-13)16(24(18)11-14)12-23-8-6-21-7-9-23/h1-5,10-11,21H,6-9,12H2. The van der Waals surface area contributed by atoms with Gasteiger partial charge in [0.15, 0.2) is 5.65 Å². The molecule has 0 bridgehead atoms. The summed E-state index contributed by atoms with van der Waals surface area (Å²) >= 11 is 12.6. The van der Waals surface area contributed by atoms with Gasteiger partial charge >= 0.3 is 0 Å². The van der Waals surface area contributed by atoms with Crippen LogP contribution < -0.4 is 5.32 Å². The monoisotopic (exact) mass is 360 g/mol. The van der Waals surface area contributed by atoms with Gasteiger partial charge in [0.1, 0.15) is 0 Å². The zero-order valence-electron chi connectivity index (χ0n) is 13.2. The Morgan fingerprint density at radius 2 is 1.83 bits per heavy atom. The van der Waals surface area contributed by atoms with Crippen LogP contribution in [0.5, 0.6) is 0 Å². The maximum atomic E-state index is 6.39. The maximum absolute atomic E-state index is 6.39. The quantitative estimate of drug-likeness (QED) is 0.772. The summed E-state index contributed by atoms with van der Waals surface area (Å²) in [6.07, 6.45) is 1.90. The van der Waals surface area contributed by atoms with Crippen LogP contribution >= 0.6 is 23.2 Å². The van der Waals surface area contributed by atoms with Crippen molar-refractivity contribution in [3.05, 3.63) is 58.3 Å². The summed E-state index contributed by atoms with van der Waals surface area (Å²) in [4.78, 5) is 7.25. The Kier molecular flexibility index (Phi) is 4.46. The summed E-state index contributed by atoms with van der Waals surface area (Å²) < 4.78 is 2.04. The van der Waals surface area contributed by atoms with Gasteiger partial charge < -0.3 is 5.32 Å². The fourth-order valence-electron chi connectivity index (χ4n) is 3.18. The zero-order chi connectivity index (χ0) is 16.5. The van der Waals surface area contributed by atoms with Gasteiger partial charge in [-0.15, -0.1) is 0 Å². The van der Waals surface area contributed by atoms with Crippen molar-refractivity contribution >= 4 is 28.8 Å². The average molecular weight is 361 g/mol. The number of halogens is 2. The molecule has 3 heterocycles. The fourth-order valence-corrected chi connectivity index (χ4v) is 3.69. The molecule has 6 heteroatoms. The molecular weight excluding hydrogens is 343 g/mol. The molecule has 4 nitrogen and oxygen atoms in total. The zero-order valence-corrected chi connectivity index (χ0v) is 14.7. The van der Waals surface area contributed by atoms with E-state index >= 15 is 0 Å². The van der Waals surface area contributed by atoms with Gasteiger partial charge in [-0.1, -0.05) is 53.5 Å². The second-order valence-electron chi connectivity index (χ2n) is 6.00. The third kappa shape index (κ3) is 3.03. The number of nitrogens with one attached hydrogen (secondary N) is 1. The van der Waals surface area contributed by atoms with E-state index in [1.54, 1.807) is 6.07 Å². The molecule has 0 atom stereocenters. The number of aromatic nitrogens is 2. The van der Waals surface area contributed by atoms with Crippen LogP contribution in [0.4, 0.5) is 0 Å². The summed E-state index contributed by atoms with van der Waals surface area (Å²) in [6, 6.07) is 12.0. The summed E-state index contributed by atoms with van der Waals surface area (Å²) in [5.41, 5.74) is 3.95. The summed E-state index contributed by atoms with van der Waals surface area (Å²) in [6.45, 7) is 4.90. The highest BCUT2D eigenvalue weighted by molar-refractivity contribution is 6.36. The highest BCUT2D eigenvalue weighted by Gasteiger charge is 2.20. The Hall–Kier alpha value is -1.59. The molecule has 0 radical (unpaired) electrons. The van der Waals surface area contributed by atoms with Crippen LogP contribution in [0.2, 0.25) is 10.0 Å². The number of hydrogen-bond acceptors (Lipinski definition) is 3. The van der Waals surface area contributed by atoms with Crippen molar-refractivity contribution < 1.29 is 0 Å². The molecule has 1 fully saturated rings. The minimum Gasteiger partial charge on any atom is -0.314 e. The molecular formula is C18H18Cl2N4. The van der Waals surface area contributed by atoms with Crippen LogP contribution in [0.1, 0.15) is 5.69 Å². The predicted octanol–water partition coefficient (Wildman–Crippen LogP) is 3.71. The molecule has 1 N–H and O–H groups in total. The van der Waals surface area contributed by atoms with Gasteiger partial charge in [0.05, 0.1) is 21.4 Å². The molecule has 1 aliphatic heterocycles. The van der Waals surface area contributed by atoms with Gasteiger partial charge in [-0.05, 0) is 6.07 Å². The molecule has 3 aromatic rings. The molecule has 24 heavy (non-hydrogen) atoms. The Balaban J connectivity index is 1.86. The SMILES string of the molecule is Clc1cc(Cl)c2nc(-c3ccccc3)c(CN3CCNCC3)n2c1. The van der Waals surface area contributed by atoms with E-state index in [0.717, 1.165) is 55.3 Å². The first kappa shape index (κ1) is 15.9. The van der Waals surface area contributed by atoms with Crippen molar-refractivity contribution in [2.24, 2.45) is 0 Å². The number of nitrogens with zero attached hydrogens (tertiary/aromatic N) is 3. The Morgan fingerprint density at radius 3 is 2.58 bits per heavy atom. The number of benzene rings is 1. The third-order valence-corrected chi connectivity index (χ3v) is 4.86. The fraction of sp³-hybridized carbons (Fsp3) is 0.278. The second-order valence-corrected chi connectivity index (χ2v) is 6.84. The van der Waals surface area contributed by atoms with E-state index in [2.05, 4.69) is 22.3 Å². The summed E-state index contributed by atoms with van der Waals surface area (Å²) in [5.74, 6) is 0. The lowest BCUT2D eigenvalue weighted by atomic mass is 10.1. The van der Waals surface area contributed by atoms with Gasteiger partial charge in [-0.25, -0.2) is 4.98 Å². The van der Waals surface area contributed by atoms with E-state index < -0.39 is 0 Å². The van der Waals surface area contributed by atoms with Crippen molar-refractivity contribution in [1.82, 2.24) is 19.6 Å². The lowest BCUT2D eigenvalue weighted by Gasteiger charge is -2.27. The number of piperazine rings is 1. The first-order valence-electron chi connectivity index (χ1n) is 8.07. The van der Waals surface area contributed by atoms with E-state index in [4.69, 9.17) is 28.2 Å². The molecule has 1 aromatic carbocycles. The normalized spacial score (nSPS) is 15.9. The minimum absolute atomic E-state index is 0.575. The second kappa shape index (κ2) is 6.73. The summed E-state index contributed by atoms with van der Waals surface area (Å²) in [5, 5.41) is 4.58. The topological polar surface area (TPSA) is 32.6 Å². The van der Waals surface area contributed by atoms with Gasteiger partial charge in [0.25, 0.3) is 0 Å². The average Bonchev–Trinajstić information content (AvgIpc) is 2.95. The Bertz CT molecular complexity index is 854. The van der Waals surface area contributed by atoms with Gasteiger partial charge in [0, 0.05) is 44.5 Å². The lowest BCUT2D eigenvalue weighted by Crippen LogP contribution is -2.43. The van der Waals surface area contributed by atoms with Gasteiger partial charge in [-0.2, -0.15) is 0 Å². The Labute approximate surface area is 151 Å². The van der Waals surface area contributed by atoms with Crippen LogP contribution in [-0.2, 0) is 6.54 Å². The van der Waals surface area contributed by atoms with E-state index in [-0.39, 0.29) is 0 Å². The molecule has 0 aliphatic carbocycles. The van der Waals surface area contributed by atoms with Gasteiger partial charge in [0.2, 0.25) is 0 Å². The number of rotatable bonds is 3. The lowest BCUT2D eigenvalue weighted by molar-refractivity contribution is 0.230. The predicted molar refractivity (Wildman–Crippen MR) is 98.8 cm³/mol. The molecule has 0 saturated carbocycles. The molecule has 124 valence electrons. The van der Waals surface area contributed by atoms with Crippen LogP contribution in [0.15, 0.2) is 42.6 Å². The summed E-state index contributed by atoms with van der Waals surface area (Å²) in [7, 11) is 0.